The monoisotopic (exact) mass is 421 g/mol. The lowest BCUT2D eigenvalue weighted by Crippen LogP contribution is -2.41. The van der Waals surface area contributed by atoms with Gasteiger partial charge in [0.1, 0.15) is 5.52 Å². The number of carbonyl (C=O) groups excluding carboxylic acids is 1. The van der Waals surface area contributed by atoms with Crippen LogP contribution in [0.3, 0.4) is 0 Å². The number of carbonyl (C=O) groups is 1. The van der Waals surface area contributed by atoms with Gasteiger partial charge in [0.2, 0.25) is 0 Å². The summed E-state index contributed by atoms with van der Waals surface area (Å²) in [5.74, 6) is -0.301. The molecule has 2 heterocycles. The predicted octanol–water partition coefficient (Wildman–Crippen LogP) is 5.36. The molecule has 0 atom stereocenters. The van der Waals surface area contributed by atoms with E-state index in [1.807, 2.05) is 47.9 Å². The Labute approximate surface area is 187 Å². The summed E-state index contributed by atoms with van der Waals surface area (Å²) in [5.41, 5.74) is 5.18. The number of fused-ring (bicyclic) bond motifs is 3. The molecule has 4 heteroatoms. The van der Waals surface area contributed by atoms with Gasteiger partial charge in [-0.3, -0.25) is 0 Å². The van der Waals surface area contributed by atoms with Crippen LogP contribution >= 0.6 is 0 Å². The molecule has 2 aromatic heterocycles. The fourth-order valence-corrected chi connectivity index (χ4v) is 4.31. The van der Waals surface area contributed by atoms with Gasteiger partial charge >= 0.3 is 5.97 Å². The first-order valence-corrected chi connectivity index (χ1v) is 10.9. The van der Waals surface area contributed by atoms with Crippen molar-refractivity contribution >= 4 is 27.8 Å². The molecule has 0 radical (unpaired) electrons. The van der Waals surface area contributed by atoms with Crippen LogP contribution in [0.2, 0.25) is 0 Å². The zero-order chi connectivity index (χ0) is 21.9. The first kappa shape index (κ1) is 20.0. The van der Waals surface area contributed by atoms with Gasteiger partial charge < -0.3 is 9.30 Å². The van der Waals surface area contributed by atoms with Crippen molar-refractivity contribution in [1.29, 1.82) is 0 Å². The highest BCUT2D eigenvalue weighted by atomic mass is 16.5. The lowest BCUT2D eigenvalue weighted by atomic mass is 10.1. The molecule has 0 amide bonds. The van der Waals surface area contributed by atoms with Crippen LogP contribution in [0.25, 0.3) is 21.8 Å². The van der Waals surface area contributed by atoms with E-state index in [2.05, 4.69) is 65.4 Å². The summed E-state index contributed by atoms with van der Waals surface area (Å²) in [6.07, 6.45) is 2.09. The highest BCUT2D eigenvalue weighted by Gasteiger charge is 2.25. The molecule has 0 aliphatic heterocycles. The fourth-order valence-electron chi connectivity index (χ4n) is 4.31. The topological polar surface area (TPSA) is 35.1 Å². The van der Waals surface area contributed by atoms with Gasteiger partial charge in [0.15, 0.2) is 12.7 Å². The third-order valence-corrected chi connectivity index (χ3v) is 5.78. The number of aromatic nitrogens is 2. The van der Waals surface area contributed by atoms with Crippen molar-refractivity contribution in [2.24, 2.45) is 0 Å². The Bertz CT molecular complexity index is 1390. The van der Waals surface area contributed by atoms with Gasteiger partial charge in [0, 0.05) is 34.5 Å². The number of para-hydroxylation sites is 1. The Morgan fingerprint density at radius 3 is 2.19 bits per heavy atom. The second-order valence-electron chi connectivity index (χ2n) is 7.88. The average molecular weight is 422 g/mol. The number of esters is 1. The smallest absolute Gasteiger partial charge is 0.403 e. The summed E-state index contributed by atoms with van der Waals surface area (Å²) in [6.45, 7) is 3.54. The standard InChI is InChI=1S/C28H25N2O2/c1-2-32-28(31)26-17-24-23-15-9-10-16-25(23)30(19-22-13-7-4-8-14-22)27(24)20-29(26)18-21-11-5-3-6-12-21/h3-17,20H,2,18-19H2,1H3/q+1. The maximum atomic E-state index is 12.9. The molecule has 0 bridgehead atoms. The molecule has 0 saturated carbocycles. The lowest BCUT2D eigenvalue weighted by Gasteiger charge is -2.09. The van der Waals surface area contributed by atoms with Crippen LogP contribution in [0.1, 0.15) is 28.5 Å². The summed E-state index contributed by atoms with van der Waals surface area (Å²) in [7, 11) is 0. The first-order chi connectivity index (χ1) is 15.7. The van der Waals surface area contributed by atoms with Crippen LogP contribution in [0.5, 0.6) is 0 Å². The molecule has 3 aromatic carbocycles. The first-order valence-electron chi connectivity index (χ1n) is 10.9. The van der Waals surface area contributed by atoms with E-state index in [9.17, 15) is 4.79 Å². The fraction of sp³-hybridized carbons (Fsp3) is 0.143. The van der Waals surface area contributed by atoms with Gasteiger partial charge in [0.05, 0.1) is 6.61 Å². The molecular formula is C28H25N2O2+. The lowest BCUT2D eigenvalue weighted by molar-refractivity contribution is -0.689. The van der Waals surface area contributed by atoms with Gasteiger partial charge in [-0.15, -0.1) is 0 Å². The van der Waals surface area contributed by atoms with E-state index in [1.165, 1.54) is 5.56 Å². The number of benzene rings is 3. The number of hydrogen-bond donors (Lipinski definition) is 0. The zero-order valence-electron chi connectivity index (χ0n) is 18.1. The third-order valence-electron chi connectivity index (χ3n) is 5.78. The Balaban J connectivity index is 1.74. The zero-order valence-corrected chi connectivity index (χ0v) is 18.1. The van der Waals surface area contributed by atoms with Crippen molar-refractivity contribution in [3.05, 3.63) is 114 Å². The summed E-state index contributed by atoms with van der Waals surface area (Å²) in [6, 6.07) is 31.0. The van der Waals surface area contributed by atoms with Crippen LogP contribution in [0, 0.1) is 0 Å². The minimum atomic E-state index is -0.301. The van der Waals surface area contributed by atoms with E-state index < -0.39 is 0 Å². The molecule has 5 aromatic rings. The van der Waals surface area contributed by atoms with Crippen molar-refractivity contribution in [1.82, 2.24) is 4.57 Å². The Morgan fingerprint density at radius 2 is 1.47 bits per heavy atom. The van der Waals surface area contributed by atoms with Crippen LogP contribution in [0.15, 0.2) is 97.2 Å². The molecule has 5 rings (SSSR count). The molecule has 0 aliphatic carbocycles. The van der Waals surface area contributed by atoms with E-state index in [0.717, 1.165) is 33.9 Å². The molecule has 0 saturated heterocycles. The van der Waals surface area contributed by atoms with Gasteiger partial charge in [-0.2, -0.15) is 4.57 Å². The predicted molar refractivity (Wildman–Crippen MR) is 127 cm³/mol. The van der Waals surface area contributed by atoms with E-state index >= 15 is 0 Å². The number of nitrogens with zero attached hydrogens (tertiary/aromatic N) is 2. The van der Waals surface area contributed by atoms with E-state index in [-0.39, 0.29) is 5.97 Å². The Hall–Kier alpha value is -3.92. The second-order valence-corrected chi connectivity index (χ2v) is 7.88. The molecule has 32 heavy (non-hydrogen) atoms. The van der Waals surface area contributed by atoms with Crippen molar-refractivity contribution in [3.8, 4) is 0 Å². The maximum absolute atomic E-state index is 12.9. The molecule has 0 fully saturated rings. The molecule has 0 aliphatic rings. The molecular weight excluding hydrogens is 396 g/mol. The Morgan fingerprint density at radius 1 is 0.812 bits per heavy atom. The van der Waals surface area contributed by atoms with Gasteiger partial charge in [0.25, 0.3) is 5.69 Å². The summed E-state index contributed by atoms with van der Waals surface area (Å²) in [5, 5.41) is 2.19. The van der Waals surface area contributed by atoms with Crippen LogP contribution in [-0.4, -0.2) is 17.1 Å². The number of pyridine rings is 1. The average Bonchev–Trinajstić information content (AvgIpc) is 3.13. The van der Waals surface area contributed by atoms with Gasteiger partial charge in [-0.25, -0.2) is 4.79 Å². The van der Waals surface area contributed by atoms with Crippen molar-refractivity contribution in [2.45, 2.75) is 20.0 Å². The van der Waals surface area contributed by atoms with Crippen molar-refractivity contribution in [2.75, 3.05) is 6.61 Å². The summed E-state index contributed by atoms with van der Waals surface area (Å²) < 4.78 is 9.74. The van der Waals surface area contributed by atoms with Crippen LogP contribution in [-0.2, 0) is 17.8 Å². The highest BCUT2D eigenvalue weighted by molar-refractivity contribution is 6.09. The minimum absolute atomic E-state index is 0.301. The minimum Gasteiger partial charge on any atom is -0.458 e. The number of ether oxygens (including phenoxy) is 1. The normalized spacial score (nSPS) is 11.2. The quantitative estimate of drug-likeness (QED) is 0.273. The Kier molecular flexibility index (Phi) is 5.42. The summed E-state index contributed by atoms with van der Waals surface area (Å²) >= 11 is 0. The maximum Gasteiger partial charge on any atom is 0.403 e. The second kappa shape index (κ2) is 8.67. The van der Waals surface area contributed by atoms with Crippen molar-refractivity contribution < 1.29 is 14.1 Å². The third kappa shape index (κ3) is 3.76. The number of rotatable bonds is 6. The molecule has 0 N–H and O–H groups in total. The molecule has 4 nitrogen and oxygen atoms in total. The molecule has 0 spiro atoms. The van der Waals surface area contributed by atoms with Gasteiger partial charge in [-0.1, -0.05) is 78.9 Å². The van der Waals surface area contributed by atoms with Gasteiger partial charge in [-0.05, 0) is 18.6 Å². The number of hydrogen-bond acceptors (Lipinski definition) is 2. The highest BCUT2D eigenvalue weighted by Crippen LogP contribution is 2.29. The van der Waals surface area contributed by atoms with E-state index in [0.29, 0.717) is 18.8 Å². The van der Waals surface area contributed by atoms with Crippen LogP contribution < -0.4 is 4.57 Å². The summed E-state index contributed by atoms with van der Waals surface area (Å²) in [4.78, 5) is 12.9. The molecule has 158 valence electrons. The van der Waals surface area contributed by atoms with E-state index in [1.54, 1.807) is 0 Å². The molecule has 0 unspecified atom stereocenters. The SMILES string of the molecule is CCOC(=O)c1cc2c3ccccc3n(Cc3ccccc3)c2c[n+]1Cc1ccccc1. The largest absolute Gasteiger partial charge is 0.458 e. The van der Waals surface area contributed by atoms with Crippen molar-refractivity contribution in [3.63, 3.8) is 0 Å². The van der Waals surface area contributed by atoms with E-state index in [4.69, 9.17) is 4.74 Å². The van der Waals surface area contributed by atoms with Crippen LogP contribution in [0.4, 0.5) is 0 Å².